The van der Waals surface area contributed by atoms with Crippen LogP contribution in [0.3, 0.4) is 0 Å². The van der Waals surface area contributed by atoms with E-state index in [0.29, 0.717) is 18.7 Å². The molecule has 1 aromatic carbocycles. The SMILES string of the molecule is CCN(CC(=O)N[C@@H]1CCS(=O)(=O)C1)C(=O)COc1cc(C)ccc1C(C)C. The summed E-state index contributed by atoms with van der Waals surface area (Å²) in [5.41, 5.74) is 2.08. The summed E-state index contributed by atoms with van der Waals surface area (Å²) in [5, 5.41) is 2.71. The predicted octanol–water partition coefficient (Wildman–Crippen LogP) is 1.65. The van der Waals surface area contributed by atoms with Crippen molar-refractivity contribution in [3.05, 3.63) is 29.3 Å². The molecule has 1 N–H and O–H groups in total. The summed E-state index contributed by atoms with van der Waals surface area (Å²) in [6.45, 7) is 7.98. The van der Waals surface area contributed by atoms with E-state index >= 15 is 0 Å². The van der Waals surface area contributed by atoms with Gasteiger partial charge in [-0.2, -0.15) is 0 Å². The van der Waals surface area contributed by atoms with Crippen LogP contribution in [0.1, 0.15) is 44.2 Å². The van der Waals surface area contributed by atoms with Gasteiger partial charge in [0.1, 0.15) is 5.75 Å². The van der Waals surface area contributed by atoms with Gasteiger partial charge in [-0.15, -0.1) is 0 Å². The summed E-state index contributed by atoms with van der Waals surface area (Å²) < 4.78 is 28.8. The molecule has 1 fully saturated rings. The second-order valence-electron chi connectivity index (χ2n) is 7.56. The smallest absolute Gasteiger partial charge is 0.260 e. The lowest BCUT2D eigenvalue weighted by Gasteiger charge is -2.22. The molecule has 0 bridgehead atoms. The van der Waals surface area contributed by atoms with Crippen LogP contribution >= 0.6 is 0 Å². The Morgan fingerprint density at radius 2 is 2.04 bits per heavy atom. The number of carbonyl (C=O) groups excluding carboxylic acids is 2. The van der Waals surface area contributed by atoms with Crippen molar-refractivity contribution < 1.29 is 22.7 Å². The highest BCUT2D eigenvalue weighted by Gasteiger charge is 2.29. The second kappa shape index (κ2) is 9.41. The van der Waals surface area contributed by atoms with E-state index in [2.05, 4.69) is 19.2 Å². The molecule has 0 unspecified atom stereocenters. The van der Waals surface area contributed by atoms with Crippen molar-refractivity contribution in [1.29, 1.82) is 0 Å². The Balaban J connectivity index is 1.91. The Hall–Kier alpha value is -2.09. The van der Waals surface area contributed by atoms with Gasteiger partial charge in [-0.25, -0.2) is 8.42 Å². The van der Waals surface area contributed by atoms with E-state index in [4.69, 9.17) is 4.74 Å². The molecule has 0 aliphatic carbocycles. The number of nitrogens with one attached hydrogen (secondary N) is 1. The van der Waals surface area contributed by atoms with Crippen LogP contribution in [0.4, 0.5) is 0 Å². The normalized spacial score (nSPS) is 18.1. The Labute approximate surface area is 167 Å². The maximum atomic E-state index is 12.5. The Morgan fingerprint density at radius 1 is 1.32 bits per heavy atom. The van der Waals surface area contributed by atoms with Crippen molar-refractivity contribution in [2.75, 3.05) is 31.2 Å². The number of benzene rings is 1. The summed E-state index contributed by atoms with van der Waals surface area (Å²) in [6.07, 6.45) is 0.419. The summed E-state index contributed by atoms with van der Waals surface area (Å²) in [6, 6.07) is 5.55. The molecule has 0 saturated carbocycles. The van der Waals surface area contributed by atoms with Crippen molar-refractivity contribution in [3.63, 3.8) is 0 Å². The van der Waals surface area contributed by atoms with E-state index in [0.717, 1.165) is 11.1 Å². The van der Waals surface area contributed by atoms with Gasteiger partial charge in [-0.1, -0.05) is 26.0 Å². The van der Waals surface area contributed by atoms with Gasteiger partial charge < -0.3 is 15.0 Å². The standard InChI is InChI=1S/C20H30N2O5S/c1-5-22(11-19(23)21-16-8-9-28(25,26)13-16)20(24)12-27-18-10-15(4)6-7-17(18)14(2)3/h6-7,10,14,16H,5,8-9,11-13H2,1-4H3,(H,21,23)/t16-/m1/s1. The van der Waals surface area contributed by atoms with Crippen LogP contribution in [0.25, 0.3) is 0 Å². The second-order valence-corrected chi connectivity index (χ2v) is 9.79. The van der Waals surface area contributed by atoms with Crippen LogP contribution in [0, 0.1) is 6.92 Å². The Bertz CT molecular complexity index is 820. The number of sulfone groups is 1. The Morgan fingerprint density at radius 3 is 2.61 bits per heavy atom. The number of aryl methyl sites for hydroxylation is 1. The first-order valence-electron chi connectivity index (χ1n) is 9.62. The van der Waals surface area contributed by atoms with Gasteiger partial charge in [-0.3, -0.25) is 9.59 Å². The molecule has 2 rings (SSSR count). The summed E-state index contributed by atoms with van der Waals surface area (Å²) in [7, 11) is -3.06. The molecular weight excluding hydrogens is 380 g/mol. The van der Waals surface area contributed by atoms with E-state index in [9.17, 15) is 18.0 Å². The third-order valence-electron chi connectivity index (χ3n) is 4.81. The van der Waals surface area contributed by atoms with Crippen molar-refractivity contribution in [2.45, 2.75) is 46.1 Å². The highest BCUT2D eigenvalue weighted by atomic mass is 32.2. The average molecular weight is 411 g/mol. The van der Waals surface area contributed by atoms with Crippen LogP contribution in [-0.2, 0) is 19.4 Å². The van der Waals surface area contributed by atoms with Crippen LogP contribution in [0.15, 0.2) is 18.2 Å². The number of likely N-dealkylation sites (N-methyl/N-ethyl adjacent to an activating group) is 1. The van der Waals surface area contributed by atoms with E-state index in [1.54, 1.807) is 6.92 Å². The Kier molecular flexibility index (Phi) is 7.46. The first-order chi connectivity index (χ1) is 13.1. The number of amides is 2. The largest absolute Gasteiger partial charge is 0.483 e. The molecule has 156 valence electrons. The summed E-state index contributed by atoms with van der Waals surface area (Å²) in [5.74, 6) is 0.370. The minimum atomic E-state index is -3.06. The lowest BCUT2D eigenvalue weighted by atomic mass is 10.0. The number of ether oxygens (including phenoxy) is 1. The van der Waals surface area contributed by atoms with E-state index in [1.165, 1.54) is 4.90 Å². The van der Waals surface area contributed by atoms with Gasteiger partial charge >= 0.3 is 0 Å². The first kappa shape index (κ1) is 22.2. The van der Waals surface area contributed by atoms with E-state index in [1.807, 2.05) is 25.1 Å². The van der Waals surface area contributed by atoms with Gasteiger partial charge in [0, 0.05) is 12.6 Å². The van der Waals surface area contributed by atoms with Crippen molar-refractivity contribution in [3.8, 4) is 5.75 Å². The molecule has 7 nitrogen and oxygen atoms in total. The fraction of sp³-hybridized carbons (Fsp3) is 0.600. The molecule has 1 aliphatic rings. The van der Waals surface area contributed by atoms with Gasteiger partial charge in [0.2, 0.25) is 5.91 Å². The maximum Gasteiger partial charge on any atom is 0.260 e. The van der Waals surface area contributed by atoms with E-state index < -0.39 is 9.84 Å². The van der Waals surface area contributed by atoms with Crippen LogP contribution < -0.4 is 10.1 Å². The lowest BCUT2D eigenvalue weighted by Crippen LogP contribution is -2.45. The zero-order chi connectivity index (χ0) is 20.9. The molecule has 1 atom stereocenters. The average Bonchev–Trinajstić information content (AvgIpc) is 2.95. The van der Waals surface area contributed by atoms with Crippen LogP contribution in [0.5, 0.6) is 5.75 Å². The highest BCUT2D eigenvalue weighted by Crippen LogP contribution is 2.27. The van der Waals surface area contributed by atoms with Gasteiger partial charge in [0.05, 0.1) is 18.1 Å². The molecule has 1 aromatic rings. The minimum absolute atomic E-state index is 0.0345. The number of carbonyl (C=O) groups is 2. The molecule has 1 saturated heterocycles. The number of hydrogen-bond donors (Lipinski definition) is 1. The molecule has 8 heteroatoms. The fourth-order valence-corrected chi connectivity index (χ4v) is 4.88. The first-order valence-corrected chi connectivity index (χ1v) is 11.4. The summed E-state index contributed by atoms with van der Waals surface area (Å²) in [4.78, 5) is 26.1. The van der Waals surface area contributed by atoms with Crippen molar-refractivity contribution >= 4 is 21.7 Å². The topological polar surface area (TPSA) is 92.8 Å². The molecule has 0 spiro atoms. The fourth-order valence-electron chi connectivity index (χ4n) is 3.21. The zero-order valence-corrected chi connectivity index (χ0v) is 17.8. The monoisotopic (exact) mass is 410 g/mol. The molecule has 0 aromatic heterocycles. The van der Waals surface area contributed by atoms with Crippen LogP contribution in [-0.4, -0.2) is 62.4 Å². The number of nitrogens with zero attached hydrogens (tertiary/aromatic N) is 1. The molecule has 1 heterocycles. The zero-order valence-electron chi connectivity index (χ0n) is 17.0. The quantitative estimate of drug-likeness (QED) is 0.703. The number of hydrogen-bond acceptors (Lipinski definition) is 5. The number of rotatable bonds is 8. The van der Waals surface area contributed by atoms with Gasteiger partial charge in [-0.05, 0) is 43.4 Å². The molecular formula is C20H30N2O5S. The van der Waals surface area contributed by atoms with Crippen molar-refractivity contribution in [2.24, 2.45) is 0 Å². The lowest BCUT2D eigenvalue weighted by molar-refractivity contribution is -0.137. The van der Waals surface area contributed by atoms with Crippen LogP contribution in [0.2, 0.25) is 0 Å². The molecule has 1 aliphatic heterocycles. The maximum absolute atomic E-state index is 12.5. The van der Waals surface area contributed by atoms with Crippen molar-refractivity contribution in [1.82, 2.24) is 10.2 Å². The van der Waals surface area contributed by atoms with E-state index in [-0.39, 0.29) is 48.4 Å². The molecule has 2 amide bonds. The molecule has 0 radical (unpaired) electrons. The highest BCUT2D eigenvalue weighted by molar-refractivity contribution is 7.91. The summed E-state index contributed by atoms with van der Waals surface area (Å²) >= 11 is 0. The minimum Gasteiger partial charge on any atom is -0.483 e. The predicted molar refractivity (Wildman–Crippen MR) is 108 cm³/mol. The third-order valence-corrected chi connectivity index (χ3v) is 6.58. The molecule has 28 heavy (non-hydrogen) atoms. The van der Waals surface area contributed by atoms with Gasteiger partial charge in [0.15, 0.2) is 16.4 Å². The van der Waals surface area contributed by atoms with Gasteiger partial charge in [0.25, 0.3) is 5.91 Å². The third kappa shape index (κ3) is 6.22.